The summed E-state index contributed by atoms with van der Waals surface area (Å²) in [4.78, 5) is 4.32. The first-order valence-corrected chi connectivity index (χ1v) is 6.30. The number of hydrogen-bond donors (Lipinski definition) is 1. The zero-order chi connectivity index (χ0) is 13.0. The maximum atomic E-state index is 4.32. The predicted octanol–water partition coefficient (Wildman–Crippen LogP) is 3.99. The molecule has 0 bridgehead atoms. The Kier molecular flexibility index (Phi) is 3.66. The second-order valence-electron chi connectivity index (χ2n) is 5.47. The SMILES string of the molecule is CC(C)(C)c1ccccc1NCc1ccccn1. The number of anilines is 1. The van der Waals surface area contributed by atoms with Gasteiger partial charge in [-0.1, -0.05) is 45.0 Å². The molecule has 0 spiro atoms. The smallest absolute Gasteiger partial charge is 0.0594 e. The molecule has 0 unspecified atom stereocenters. The van der Waals surface area contributed by atoms with Crippen molar-refractivity contribution in [2.24, 2.45) is 0 Å². The topological polar surface area (TPSA) is 24.9 Å². The Morgan fingerprint density at radius 3 is 2.39 bits per heavy atom. The number of hydrogen-bond acceptors (Lipinski definition) is 2. The highest BCUT2D eigenvalue weighted by atomic mass is 14.9. The monoisotopic (exact) mass is 240 g/mol. The average molecular weight is 240 g/mol. The molecule has 2 heteroatoms. The van der Waals surface area contributed by atoms with Crippen molar-refractivity contribution in [1.29, 1.82) is 0 Å². The summed E-state index contributed by atoms with van der Waals surface area (Å²) in [6.07, 6.45) is 1.83. The van der Waals surface area contributed by atoms with E-state index in [1.807, 2.05) is 24.4 Å². The number of nitrogens with zero attached hydrogens (tertiary/aromatic N) is 1. The Morgan fingerprint density at radius 1 is 1.00 bits per heavy atom. The lowest BCUT2D eigenvalue weighted by atomic mass is 9.86. The van der Waals surface area contributed by atoms with Gasteiger partial charge >= 0.3 is 0 Å². The zero-order valence-corrected chi connectivity index (χ0v) is 11.3. The van der Waals surface area contributed by atoms with Crippen LogP contribution in [0.2, 0.25) is 0 Å². The molecule has 18 heavy (non-hydrogen) atoms. The maximum absolute atomic E-state index is 4.32. The third kappa shape index (κ3) is 3.10. The normalized spacial score (nSPS) is 11.3. The third-order valence-electron chi connectivity index (χ3n) is 2.92. The van der Waals surface area contributed by atoms with E-state index in [-0.39, 0.29) is 5.41 Å². The highest BCUT2D eigenvalue weighted by Crippen LogP contribution is 2.29. The summed E-state index contributed by atoms with van der Waals surface area (Å²) in [5.41, 5.74) is 3.73. The molecule has 2 nitrogen and oxygen atoms in total. The van der Waals surface area contributed by atoms with E-state index in [1.165, 1.54) is 11.3 Å². The molecule has 0 aliphatic rings. The van der Waals surface area contributed by atoms with Crippen molar-refractivity contribution >= 4 is 5.69 Å². The first kappa shape index (κ1) is 12.6. The Morgan fingerprint density at radius 2 is 1.72 bits per heavy atom. The molecule has 2 aromatic rings. The minimum Gasteiger partial charge on any atom is -0.379 e. The van der Waals surface area contributed by atoms with Crippen LogP contribution in [0.4, 0.5) is 5.69 Å². The molecule has 1 aromatic heterocycles. The van der Waals surface area contributed by atoms with Gasteiger partial charge in [0.1, 0.15) is 0 Å². The van der Waals surface area contributed by atoms with Crippen LogP contribution in [0, 0.1) is 0 Å². The molecule has 0 aliphatic carbocycles. The van der Waals surface area contributed by atoms with Crippen molar-refractivity contribution in [1.82, 2.24) is 4.98 Å². The van der Waals surface area contributed by atoms with Crippen LogP contribution in [0.3, 0.4) is 0 Å². The lowest BCUT2D eigenvalue weighted by Crippen LogP contribution is -2.14. The lowest BCUT2D eigenvalue weighted by Gasteiger charge is -2.23. The number of pyridine rings is 1. The lowest BCUT2D eigenvalue weighted by molar-refractivity contribution is 0.591. The van der Waals surface area contributed by atoms with Gasteiger partial charge in [0, 0.05) is 11.9 Å². The van der Waals surface area contributed by atoms with Gasteiger partial charge in [0.2, 0.25) is 0 Å². The molecule has 2 rings (SSSR count). The van der Waals surface area contributed by atoms with Crippen molar-refractivity contribution in [3.05, 3.63) is 59.9 Å². The van der Waals surface area contributed by atoms with Crippen molar-refractivity contribution in [2.45, 2.75) is 32.7 Å². The van der Waals surface area contributed by atoms with Crippen LogP contribution < -0.4 is 5.32 Å². The Hall–Kier alpha value is -1.83. The number of rotatable bonds is 3. The van der Waals surface area contributed by atoms with Crippen LogP contribution in [0.25, 0.3) is 0 Å². The van der Waals surface area contributed by atoms with Crippen molar-refractivity contribution in [2.75, 3.05) is 5.32 Å². The number of nitrogens with one attached hydrogen (secondary N) is 1. The molecule has 0 atom stereocenters. The molecule has 1 heterocycles. The van der Waals surface area contributed by atoms with Crippen LogP contribution in [0.15, 0.2) is 48.7 Å². The molecule has 1 aromatic carbocycles. The van der Waals surface area contributed by atoms with Crippen molar-refractivity contribution in [3.8, 4) is 0 Å². The van der Waals surface area contributed by atoms with Crippen LogP contribution in [-0.4, -0.2) is 4.98 Å². The van der Waals surface area contributed by atoms with Gasteiger partial charge in [-0.3, -0.25) is 4.98 Å². The van der Waals surface area contributed by atoms with Crippen LogP contribution in [0.5, 0.6) is 0 Å². The van der Waals surface area contributed by atoms with Gasteiger partial charge < -0.3 is 5.32 Å². The molecule has 0 saturated heterocycles. The maximum Gasteiger partial charge on any atom is 0.0594 e. The minimum atomic E-state index is 0.147. The van der Waals surface area contributed by atoms with Gasteiger partial charge in [-0.05, 0) is 29.2 Å². The first-order valence-electron chi connectivity index (χ1n) is 6.30. The minimum absolute atomic E-state index is 0.147. The second kappa shape index (κ2) is 5.21. The summed E-state index contributed by atoms with van der Waals surface area (Å²) in [6, 6.07) is 14.5. The van der Waals surface area contributed by atoms with Crippen LogP contribution in [0.1, 0.15) is 32.0 Å². The largest absolute Gasteiger partial charge is 0.379 e. The number of para-hydroxylation sites is 1. The van der Waals surface area contributed by atoms with E-state index >= 15 is 0 Å². The van der Waals surface area contributed by atoms with Gasteiger partial charge in [-0.2, -0.15) is 0 Å². The third-order valence-corrected chi connectivity index (χ3v) is 2.92. The van der Waals surface area contributed by atoms with E-state index in [4.69, 9.17) is 0 Å². The van der Waals surface area contributed by atoms with Crippen LogP contribution >= 0.6 is 0 Å². The fourth-order valence-corrected chi connectivity index (χ4v) is 1.98. The highest BCUT2D eigenvalue weighted by molar-refractivity contribution is 5.54. The standard InChI is InChI=1S/C16H20N2/c1-16(2,3)14-9-4-5-10-15(14)18-12-13-8-6-7-11-17-13/h4-11,18H,12H2,1-3H3. The van der Waals surface area contributed by atoms with Gasteiger partial charge in [0.05, 0.1) is 12.2 Å². The molecule has 0 fully saturated rings. The summed E-state index contributed by atoms with van der Waals surface area (Å²) in [5, 5.41) is 3.47. The average Bonchev–Trinajstić information content (AvgIpc) is 2.37. The number of aromatic nitrogens is 1. The molecule has 0 saturated carbocycles. The second-order valence-corrected chi connectivity index (χ2v) is 5.47. The zero-order valence-electron chi connectivity index (χ0n) is 11.3. The molecule has 0 radical (unpaired) electrons. The van der Waals surface area contributed by atoms with E-state index in [0.29, 0.717) is 0 Å². The van der Waals surface area contributed by atoms with Crippen LogP contribution in [-0.2, 0) is 12.0 Å². The summed E-state index contributed by atoms with van der Waals surface area (Å²) >= 11 is 0. The van der Waals surface area contributed by atoms with Crippen molar-refractivity contribution in [3.63, 3.8) is 0 Å². The van der Waals surface area contributed by atoms with Gasteiger partial charge in [-0.15, -0.1) is 0 Å². The van der Waals surface area contributed by atoms with E-state index in [0.717, 1.165) is 12.2 Å². The summed E-state index contributed by atoms with van der Waals surface area (Å²) < 4.78 is 0. The number of benzene rings is 1. The Bertz CT molecular complexity index is 498. The fraction of sp³-hybridized carbons (Fsp3) is 0.312. The molecule has 0 amide bonds. The summed E-state index contributed by atoms with van der Waals surface area (Å²) in [7, 11) is 0. The molecular weight excluding hydrogens is 220 g/mol. The molecule has 0 aliphatic heterocycles. The molecular formula is C16H20N2. The van der Waals surface area contributed by atoms with Gasteiger partial charge in [-0.25, -0.2) is 0 Å². The Balaban J connectivity index is 2.15. The first-order chi connectivity index (χ1) is 8.57. The van der Waals surface area contributed by atoms with Gasteiger partial charge in [0.25, 0.3) is 0 Å². The van der Waals surface area contributed by atoms with E-state index in [9.17, 15) is 0 Å². The van der Waals surface area contributed by atoms with E-state index < -0.39 is 0 Å². The van der Waals surface area contributed by atoms with Crippen molar-refractivity contribution < 1.29 is 0 Å². The molecule has 94 valence electrons. The Labute approximate surface area is 109 Å². The van der Waals surface area contributed by atoms with E-state index in [2.05, 4.69) is 55.3 Å². The quantitative estimate of drug-likeness (QED) is 0.877. The van der Waals surface area contributed by atoms with E-state index in [1.54, 1.807) is 0 Å². The predicted molar refractivity (Wildman–Crippen MR) is 76.7 cm³/mol. The summed E-state index contributed by atoms with van der Waals surface area (Å²) in [5.74, 6) is 0. The van der Waals surface area contributed by atoms with Gasteiger partial charge in [0.15, 0.2) is 0 Å². The highest BCUT2D eigenvalue weighted by Gasteiger charge is 2.16. The summed E-state index contributed by atoms with van der Waals surface area (Å²) in [6.45, 7) is 7.45. The fourth-order valence-electron chi connectivity index (χ4n) is 1.98. The molecule has 1 N–H and O–H groups in total.